The van der Waals surface area contributed by atoms with Gasteiger partial charge in [-0.3, -0.25) is 0 Å². The van der Waals surface area contributed by atoms with Crippen molar-refractivity contribution in [3.05, 3.63) is 41.5 Å². The van der Waals surface area contributed by atoms with Crippen LogP contribution in [0.25, 0.3) is 22.4 Å². The van der Waals surface area contributed by atoms with Crippen molar-refractivity contribution in [2.24, 2.45) is 7.05 Å². The Balaban J connectivity index is 2.26. The Bertz CT molecular complexity index is 815. The van der Waals surface area contributed by atoms with E-state index in [0.29, 0.717) is 11.4 Å². The Morgan fingerprint density at radius 2 is 1.65 bits per heavy atom. The molecule has 1 heterocycles. The van der Waals surface area contributed by atoms with E-state index in [1.807, 2.05) is 25.2 Å². The highest BCUT2D eigenvalue weighted by Crippen LogP contribution is 2.28. The van der Waals surface area contributed by atoms with E-state index in [0.717, 1.165) is 22.4 Å². The van der Waals surface area contributed by atoms with Gasteiger partial charge in [-0.2, -0.15) is 0 Å². The largest absolute Gasteiger partial charge is 0.397 e. The van der Waals surface area contributed by atoms with Crippen LogP contribution in [0.4, 0.5) is 11.4 Å². The monoisotopic (exact) mass is 266 g/mol. The minimum absolute atomic E-state index is 0.585. The molecule has 20 heavy (non-hydrogen) atoms. The van der Waals surface area contributed by atoms with E-state index in [1.165, 1.54) is 11.1 Å². The number of hydrogen-bond donors (Lipinski definition) is 2. The molecule has 0 saturated carbocycles. The van der Waals surface area contributed by atoms with Crippen LogP contribution in [0.1, 0.15) is 11.1 Å². The second kappa shape index (κ2) is 4.27. The number of aryl methyl sites for hydroxylation is 3. The van der Waals surface area contributed by atoms with E-state index in [4.69, 9.17) is 16.5 Å². The summed E-state index contributed by atoms with van der Waals surface area (Å²) >= 11 is 0. The average molecular weight is 266 g/mol. The van der Waals surface area contributed by atoms with Crippen molar-refractivity contribution in [1.82, 2.24) is 9.55 Å². The summed E-state index contributed by atoms with van der Waals surface area (Å²) in [5.41, 5.74) is 18.5. The Kier molecular flexibility index (Phi) is 2.67. The number of fused-ring (bicyclic) bond motifs is 1. The second-order valence-corrected chi connectivity index (χ2v) is 5.26. The summed E-state index contributed by atoms with van der Waals surface area (Å²) in [6, 6.07) is 9.93. The lowest BCUT2D eigenvalue weighted by Gasteiger charge is -2.06. The highest BCUT2D eigenvalue weighted by molar-refractivity contribution is 5.83. The molecule has 4 N–H and O–H groups in total. The highest BCUT2D eigenvalue weighted by Gasteiger charge is 2.11. The van der Waals surface area contributed by atoms with E-state index in [2.05, 4.69) is 30.5 Å². The molecule has 0 bridgehead atoms. The topological polar surface area (TPSA) is 69.9 Å². The SMILES string of the molecule is Cc1cc2nc(-c3ccc(N)c(N)c3)n(C)c2cc1C. The van der Waals surface area contributed by atoms with Gasteiger partial charge in [0.05, 0.1) is 22.4 Å². The molecule has 0 aliphatic carbocycles. The van der Waals surface area contributed by atoms with Gasteiger partial charge in [-0.25, -0.2) is 4.98 Å². The molecule has 3 rings (SSSR count). The number of nitrogen functional groups attached to an aromatic ring is 2. The Hall–Kier alpha value is -2.49. The molecule has 0 aliphatic rings. The van der Waals surface area contributed by atoms with Gasteiger partial charge in [0.1, 0.15) is 5.82 Å². The summed E-state index contributed by atoms with van der Waals surface area (Å²) in [5.74, 6) is 0.900. The molecule has 0 fully saturated rings. The Morgan fingerprint density at radius 3 is 2.35 bits per heavy atom. The molecule has 0 aliphatic heterocycles. The molecular weight excluding hydrogens is 248 g/mol. The number of nitrogens with zero attached hydrogens (tertiary/aromatic N) is 2. The van der Waals surface area contributed by atoms with Crippen LogP contribution < -0.4 is 11.5 Å². The quantitative estimate of drug-likeness (QED) is 0.665. The van der Waals surface area contributed by atoms with Crippen LogP contribution in [0.5, 0.6) is 0 Å². The molecule has 0 radical (unpaired) electrons. The van der Waals surface area contributed by atoms with Gasteiger partial charge in [0.15, 0.2) is 0 Å². The van der Waals surface area contributed by atoms with E-state index in [9.17, 15) is 0 Å². The van der Waals surface area contributed by atoms with Crippen LogP contribution in [-0.4, -0.2) is 9.55 Å². The first-order valence-corrected chi connectivity index (χ1v) is 6.56. The molecule has 3 aromatic rings. The number of hydrogen-bond acceptors (Lipinski definition) is 3. The van der Waals surface area contributed by atoms with E-state index < -0.39 is 0 Å². The third-order valence-corrected chi connectivity index (χ3v) is 3.84. The summed E-state index contributed by atoms with van der Waals surface area (Å²) < 4.78 is 2.09. The predicted molar refractivity (Wildman–Crippen MR) is 84.4 cm³/mol. The minimum Gasteiger partial charge on any atom is -0.397 e. The molecule has 2 aromatic carbocycles. The molecule has 4 heteroatoms. The van der Waals surface area contributed by atoms with Crippen LogP contribution in [0.2, 0.25) is 0 Å². The van der Waals surface area contributed by atoms with E-state index in [1.54, 1.807) is 0 Å². The van der Waals surface area contributed by atoms with Crippen molar-refractivity contribution in [2.45, 2.75) is 13.8 Å². The zero-order valence-corrected chi connectivity index (χ0v) is 11.9. The molecular formula is C16H18N4. The number of anilines is 2. The first kappa shape index (κ1) is 12.5. The van der Waals surface area contributed by atoms with Crippen LogP contribution >= 0.6 is 0 Å². The number of rotatable bonds is 1. The van der Waals surface area contributed by atoms with Gasteiger partial charge in [0.25, 0.3) is 0 Å². The van der Waals surface area contributed by atoms with Crippen molar-refractivity contribution in [3.8, 4) is 11.4 Å². The first-order valence-electron chi connectivity index (χ1n) is 6.56. The highest BCUT2D eigenvalue weighted by atomic mass is 15.1. The lowest BCUT2D eigenvalue weighted by atomic mass is 10.1. The molecule has 0 unspecified atom stereocenters. The van der Waals surface area contributed by atoms with E-state index >= 15 is 0 Å². The van der Waals surface area contributed by atoms with Gasteiger partial charge >= 0.3 is 0 Å². The van der Waals surface area contributed by atoms with Gasteiger partial charge < -0.3 is 16.0 Å². The third-order valence-electron chi connectivity index (χ3n) is 3.84. The van der Waals surface area contributed by atoms with Crippen molar-refractivity contribution in [2.75, 3.05) is 11.5 Å². The van der Waals surface area contributed by atoms with Gasteiger partial charge in [-0.15, -0.1) is 0 Å². The normalized spacial score (nSPS) is 11.2. The zero-order chi connectivity index (χ0) is 14.4. The van der Waals surface area contributed by atoms with Crippen molar-refractivity contribution >= 4 is 22.4 Å². The van der Waals surface area contributed by atoms with Crippen LogP contribution in [0, 0.1) is 13.8 Å². The van der Waals surface area contributed by atoms with Crippen LogP contribution in [0.3, 0.4) is 0 Å². The van der Waals surface area contributed by atoms with Crippen molar-refractivity contribution < 1.29 is 0 Å². The average Bonchev–Trinajstić information content (AvgIpc) is 2.71. The molecule has 102 valence electrons. The predicted octanol–water partition coefficient (Wildman–Crippen LogP) is 3.02. The number of aromatic nitrogens is 2. The van der Waals surface area contributed by atoms with Gasteiger partial charge in [0.2, 0.25) is 0 Å². The fraction of sp³-hybridized carbons (Fsp3) is 0.188. The first-order chi connectivity index (χ1) is 9.47. The molecule has 4 nitrogen and oxygen atoms in total. The lowest BCUT2D eigenvalue weighted by molar-refractivity contribution is 0.959. The van der Waals surface area contributed by atoms with Crippen LogP contribution in [-0.2, 0) is 7.05 Å². The summed E-state index contributed by atoms with van der Waals surface area (Å²) in [6.07, 6.45) is 0. The Morgan fingerprint density at radius 1 is 0.950 bits per heavy atom. The number of benzene rings is 2. The Labute approximate surface area is 118 Å². The molecule has 0 spiro atoms. The lowest BCUT2D eigenvalue weighted by Crippen LogP contribution is -1.97. The summed E-state index contributed by atoms with van der Waals surface area (Å²) in [6.45, 7) is 4.22. The maximum absolute atomic E-state index is 5.89. The fourth-order valence-electron chi connectivity index (χ4n) is 2.42. The van der Waals surface area contributed by atoms with Gasteiger partial charge in [0, 0.05) is 12.6 Å². The standard InChI is InChI=1S/C16H18N4/c1-9-6-14-15(7-10(9)2)20(3)16(19-14)11-4-5-12(17)13(18)8-11/h4-8H,17-18H2,1-3H3. The molecule has 0 saturated heterocycles. The van der Waals surface area contributed by atoms with Gasteiger partial charge in [-0.1, -0.05) is 0 Å². The van der Waals surface area contributed by atoms with Crippen molar-refractivity contribution in [1.29, 1.82) is 0 Å². The van der Waals surface area contributed by atoms with E-state index in [-0.39, 0.29) is 0 Å². The van der Waals surface area contributed by atoms with Crippen molar-refractivity contribution in [3.63, 3.8) is 0 Å². The fourth-order valence-corrected chi connectivity index (χ4v) is 2.42. The molecule has 1 aromatic heterocycles. The minimum atomic E-state index is 0.585. The third kappa shape index (κ3) is 1.81. The zero-order valence-electron chi connectivity index (χ0n) is 11.9. The molecule has 0 amide bonds. The summed E-state index contributed by atoms with van der Waals surface area (Å²) in [7, 11) is 2.02. The second-order valence-electron chi connectivity index (χ2n) is 5.26. The summed E-state index contributed by atoms with van der Waals surface area (Å²) in [4.78, 5) is 4.72. The maximum Gasteiger partial charge on any atom is 0.140 e. The smallest absolute Gasteiger partial charge is 0.140 e. The number of nitrogens with two attached hydrogens (primary N) is 2. The number of imidazole rings is 1. The van der Waals surface area contributed by atoms with Crippen LogP contribution in [0.15, 0.2) is 30.3 Å². The summed E-state index contributed by atoms with van der Waals surface area (Å²) in [5, 5.41) is 0. The maximum atomic E-state index is 5.89. The molecule has 0 atom stereocenters. The van der Waals surface area contributed by atoms with Gasteiger partial charge in [-0.05, 0) is 55.3 Å².